The molecule has 94 valence electrons. The molecule has 1 amide bonds. The van der Waals surface area contributed by atoms with Gasteiger partial charge >= 0.3 is 0 Å². The van der Waals surface area contributed by atoms with Crippen molar-refractivity contribution in [2.24, 2.45) is 0 Å². The van der Waals surface area contributed by atoms with Crippen LogP contribution in [0.25, 0.3) is 0 Å². The van der Waals surface area contributed by atoms with E-state index in [0.717, 1.165) is 22.6 Å². The average Bonchev–Trinajstić information content (AvgIpc) is 2.83. The molecule has 1 aromatic carbocycles. The number of nitrogens with two attached hydrogens (primary N) is 1. The highest BCUT2D eigenvalue weighted by molar-refractivity contribution is 7.16. The Morgan fingerprint density at radius 1 is 1.44 bits per heavy atom. The van der Waals surface area contributed by atoms with Crippen molar-refractivity contribution < 1.29 is 9.53 Å². The van der Waals surface area contributed by atoms with Crippen LogP contribution in [0.15, 0.2) is 24.3 Å². The number of carbonyl (C=O) groups excluding carboxylic acids is 1. The van der Waals surface area contributed by atoms with Gasteiger partial charge in [-0.05, 0) is 6.07 Å². The standard InChI is InChI=1S/C11H12N4O2S/c1-17-8-5-3-2-4-7(8)6-13-9(16)10-14-15-11(12)18-10/h2-5H,6H2,1H3,(H2,12,15)(H,13,16). The van der Waals surface area contributed by atoms with Gasteiger partial charge in [0.1, 0.15) is 5.75 Å². The Morgan fingerprint density at radius 2 is 2.22 bits per heavy atom. The van der Waals surface area contributed by atoms with Crippen LogP contribution in [0.1, 0.15) is 15.4 Å². The summed E-state index contributed by atoms with van der Waals surface area (Å²) in [4.78, 5) is 11.7. The average molecular weight is 264 g/mol. The summed E-state index contributed by atoms with van der Waals surface area (Å²) in [5.74, 6) is 0.435. The number of para-hydroxylation sites is 1. The lowest BCUT2D eigenvalue weighted by Crippen LogP contribution is -2.22. The molecule has 0 spiro atoms. The Morgan fingerprint density at radius 3 is 2.89 bits per heavy atom. The lowest BCUT2D eigenvalue weighted by Gasteiger charge is -2.08. The molecule has 18 heavy (non-hydrogen) atoms. The van der Waals surface area contributed by atoms with E-state index in [2.05, 4.69) is 15.5 Å². The van der Waals surface area contributed by atoms with Crippen LogP contribution < -0.4 is 15.8 Å². The van der Waals surface area contributed by atoms with Crippen molar-refractivity contribution >= 4 is 22.4 Å². The Bertz CT molecular complexity index is 555. The van der Waals surface area contributed by atoms with Crippen LogP contribution in [0.4, 0.5) is 5.13 Å². The van der Waals surface area contributed by atoms with Gasteiger partial charge < -0.3 is 15.8 Å². The minimum absolute atomic E-state index is 0.252. The molecule has 0 saturated carbocycles. The quantitative estimate of drug-likeness (QED) is 0.861. The number of aromatic nitrogens is 2. The number of carbonyl (C=O) groups is 1. The van der Waals surface area contributed by atoms with Gasteiger partial charge in [-0.25, -0.2) is 0 Å². The molecular formula is C11H12N4O2S. The van der Waals surface area contributed by atoms with E-state index in [1.165, 1.54) is 0 Å². The van der Waals surface area contributed by atoms with Crippen molar-refractivity contribution in [2.75, 3.05) is 12.8 Å². The maximum absolute atomic E-state index is 11.7. The molecule has 1 aromatic heterocycles. The number of hydrogen-bond acceptors (Lipinski definition) is 6. The van der Waals surface area contributed by atoms with Crippen LogP contribution >= 0.6 is 11.3 Å². The third kappa shape index (κ3) is 2.75. The molecule has 0 fully saturated rings. The van der Waals surface area contributed by atoms with Gasteiger partial charge in [0.25, 0.3) is 5.91 Å². The Labute approximate surface area is 108 Å². The molecule has 0 radical (unpaired) electrons. The van der Waals surface area contributed by atoms with Gasteiger partial charge in [0.2, 0.25) is 10.1 Å². The highest BCUT2D eigenvalue weighted by atomic mass is 32.1. The zero-order chi connectivity index (χ0) is 13.0. The van der Waals surface area contributed by atoms with Crippen molar-refractivity contribution in [1.82, 2.24) is 15.5 Å². The molecular weight excluding hydrogens is 252 g/mol. The van der Waals surface area contributed by atoms with Crippen LogP contribution in [0.3, 0.4) is 0 Å². The van der Waals surface area contributed by atoms with Crippen molar-refractivity contribution in [3.05, 3.63) is 34.8 Å². The lowest BCUT2D eigenvalue weighted by atomic mass is 10.2. The van der Waals surface area contributed by atoms with E-state index in [1.807, 2.05) is 24.3 Å². The Kier molecular flexibility index (Phi) is 3.73. The number of amides is 1. The number of ether oxygens (including phenoxy) is 1. The molecule has 0 bridgehead atoms. The third-order valence-corrected chi connectivity index (χ3v) is 3.02. The Hall–Kier alpha value is -2.15. The normalized spacial score (nSPS) is 10.1. The van der Waals surface area contributed by atoms with E-state index in [-0.39, 0.29) is 16.0 Å². The van der Waals surface area contributed by atoms with Crippen LogP contribution in [0.2, 0.25) is 0 Å². The van der Waals surface area contributed by atoms with Crippen molar-refractivity contribution in [3.63, 3.8) is 0 Å². The van der Waals surface area contributed by atoms with E-state index in [4.69, 9.17) is 10.5 Å². The molecule has 0 unspecified atom stereocenters. The summed E-state index contributed by atoms with van der Waals surface area (Å²) in [7, 11) is 1.59. The molecule has 0 aliphatic heterocycles. The monoisotopic (exact) mass is 264 g/mol. The van der Waals surface area contributed by atoms with Gasteiger partial charge in [-0.2, -0.15) is 0 Å². The van der Waals surface area contributed by atoms with Gasteiger partial charge in [0, 0.05) is 12.1 Å². The summed E-state index contributed by atoms with van der Waals surface area (Å²) in [6.07, 6.45) is 0. The minimum atomic E-state index is -0.296. The minimum Gasteiger partial charge on any atom is -0.496 e. The molecule has 0 atom stereocenters. The number of rotatable bonds is 4. The lowest BCUT2D eigenvalue weighted by molar-refractivity contribution is 0.0949. The number of benzene rings is 1. The van der Waals surface area contributed by atoms with Crippen LogP contribution in [0, 0.1) is 0 Å². The predicted octanol–water partition coefficient (Wildman–Crippen LogP) is 1.06. The van der Waals surface area contributed by atoms with Gasteiger partial charge in [0.05, 0.1) is 7.11 Å². The SMILES string of the molecule is COc1ccccc1CNC(=O)c1nnc(N)s1. The van der Waals surface area contributed by atoms with E-state index in [9.17, 15) is 4.79 Å². The third-order valence-electron chi connectivity index (χ3n) is 2.27. The fourth-order valence-electron chi connectivity index (χ4n) is 1.43. The molecule has 6 nitrogen and oxygen atoms in total. The fraction of sp³-hybridized carbons (Fsp3) is 0.182. The molecule has 0 saturated heterocycles. The second-order valence-electron chi connectivity index (χ2n) is 3.44. The maximum atomic E-state index is 11.7. The predicted molar refractivity (Wildman–Crippen MR) is 68.5 cm³/mol. The molecule has 2 aromatic rings. The number of methoxy groups -OCH3 is 1. The number of nitrogen functional groups attached to an aromatic ring is 1. The van der Waals surface area contributed by atoms with E-state index >= 15 is 0 Å². The highest BCUT2D eigenvalue weighted by Gasteiger charge is 2.11. The first kappa shape index (κ1) is 12.3. The summed E-state index contributed by atoms with van der Waals surface area (Å²) in [6, 6.07) is 7.47. The van der Waals surface area contributed by atoms with Gasteiger partial charge in [0.15, 0.2) is 0 Å². The number of nitrogens with one attached hydrogen (secondary N) is 1. The molecule has 0 aliphatic rings. The molecule has 7 heteroatoms. The van der Waals surface area contributed by atoms with Gasteiger partial charge in [-0.1, -0.05) is 29.5 Å². The van der Waals surface area contributed by atoms with E-state index < -0.39 is 0 Å². The summed E-state index contributed by atoms with van der Waals surface area (Å²) >= 11 is 1.05. The van der Waals surface area contributed by atoms with Gasteiger partial charge in [-0.3, -0.25) is 4.79 Å². The topological polar surface area (TPSA) is 90.1 Å². The van der Waals surface area contributed by atoms with Crippen LogP contribution in [0.5, 0.6) is 5.75 Å². The van der Waals surface area contributed by atoms with Crippen molar-refractivity contribution in [3.8, 4) is 5.75 Å². The number of hydrogen-bond donors (Lipinski definition) is 2. The van der Waals surface area contributed by atoms with Crippen LogP contribution in [-0.4, -0.2) is 23.2 Å². The largest absolute Gasteiger partial charge is 0.496 e. The second-order valence-corrected chi connectivity index (χ2v) is 4.45. The highest BCUT2D eigenvalue weighted by Crippen LogP contribution is 2.17. The fourth-order valence-corrected chi connectivity index (χ4v) is 1.95. The summed E-state index contributed by atoms with van der Waals surface area (Å²) in [6.45, 7) is 0.363. The van der Waals surface area contributed by atoms with Crippen molar-refractivity contribution in [2.45, 2.75) is 6.54 Å². The smallest absolute Gasteiger partial charge is 0.282 e. The molecule has 2 rings (SSSR count). The first-order valence-electron chi connectivity index (χ1n) is 5.20. The second kappa shape index (κ2) is 5.46. The molecule has 3 N–H and O–H groups in total. The molecule has 0 aliphatic carbocycles. The van der Waals surface area contributed by atoms with E-state index in [1.54, 1.807) is 7.11 Å². The first-order chi connectivity index (χ1) is 8.70. The molecule has 1 heterocycles. The number of anilines is 1. The Balaban J connectivity index is 2.01. The maximum Gasteiger partial charge on any atom is 0.282 e. The van der Waals surface area contributed by atoms with Crippen molar-refractivity contribution in [1.29, 1.82) is 0 Å². The zero-order valence-corrected chi connectivity index (χ0v) is 10.5. The van der Waals surface area contributed by atoms with Gasteiger partial charge in [-0.15, -0.1) is 10.2 Å². The summed E-state index contributed by atoms with van der Waals surface area (Å²) < 4.78 is 5.19. The summed E-state index contributed by atoms with van der Waals surface area (Å²) in [5.41, 5.74) is 6.31. The zero-order valence-electron chi connectivity index (χ0n) is 9.71. The van der Waals surface area contributed by atoms with Crippen LogP contribution in [-0.2, 0) is 6.54 Å². The first-order valence-corrected chi connectivity index (χ1v) is 6.01. The summed E-state index contributed by atoms with van der Waals surface area (Å²) in [5, 5.41) is 10.5. The number of nitrogens with zero attached hydrogens (tertiary/aromatic N) is 2. The van der Waals surface area contributed by atoms with E-state index in [0.29, 0.717) is 6.54 Å².